The van der Waals surface area contributed by atoms with E-state index >= 15 is 0 Å². The van der Waals surface area contributed by atoms with E-state index in [1.165, 1.54) is 6.07 Å². The number of hydrogen-bond donors (Lipinski definition) is 2. The summed E-state index contributed by atoms with van der Waals surface area (Å²) >= 11 is 5.82. The topological polar surface area (TPSA) is 72.4 Å². The third-order valence-electron chi connectivity index (χ3n) is 4.07. The number of benzene rings is 2. The number of nitrogens with one attached hydrogen (secondary N) is 2. The summed E-state index contributed by atoms with van der Waals surface area (Å²) in [6, 6.07) is 17.5. The predicted octanol–water partition coefficient (Wildman–Crippen LogP) is 3.94. The maximum atomic E-state index is 12.3. The Bertz CT molecular complexity index is 1000. The number of anilines is 1. The molecule has 0 fully saturated rings. The highest BCUT2D eigenvalue weighted by molar-refractivity contribution is 6.30. The zero-order chi connectivity index (χ0) is 19.9. The average molecular weight is 398 g/mol. The van der Waals surface area contributed by atoms with Crippen LogP contribution in [0.1, 0.15) is 11.3 Å². The van der Waals surface area contributed by atoms with Gasteiger partial charge in [-0.2, -0.15) is 0 Å². The molecule has 0 aliphatic carbocycles. The average Bonchev–Trinajstić information content (AvgIpc) is 2.70. The number of hydrogen-bond acceptors (Lipinski definition) is 3. The number of amides is 2. The molecule has 0 saturated heterocycles. The number of carbonyl (C=O) groups is 1. The van der Waals surface area contributed by atoms with Gasteiger partial charge in [-0.1, -0.05) is 41.9 Å². The fraction of sp³-hybridized carbons (Fsp3) is 0.143. The number of rotatable bonds is 6. The van der Waals surface area contributed by atoms with Gasteiger partial charge in [0.15, 0.2) is 5.75 Å². The second kappa shape index (κ2) is 9.10. The number of urea groups is 1. The van der Waals surface area contributed by atoms with Gasteiger partial charge in [0.1, 0.15) is 6.61 Å². The van der Waals surface area contributed by atoms with E-state index in [1.54, 1.807) is 42.1 Å². The SMILES string of the molecule is Cn1cc(OCc2ccccc2)c(=O)cc1CNC(=O)Nc1ccc(Cl)cc1. The molecule has 1 heterocycles. The molecule has 28 heavy (non-hydrogen) atoms. The summed E-state index contributed by atoms with van der Waals surface area (Å²) < 4.78 is 7.38. The quantitative estimate of drug-likeness (QED) is 0.661. The van der Waals surface area contributed by atoms with Gasteiger partial charge in [0.05, 0.1) is 12.7 Å². The number of aromatic nitrogens is 1. The molecular formula is C21H20ClN3O3. The van der Waals surface area contributed by atoms with Crippen LogP contribution >= 0.6 is 11.6 Å². The minimum Gasteiger partial charge on any atom is -0.483 e. The van der Waals surface area contributed by atoms with Crippen molar-refractivity contribution in [2.75, 3.05) is 5.32 Å². The Hall–Kier alpha value is -3.25. The molecule has 2 aromatic carbocycles. The molecule has 0 unspecified atom stereocenters. The van der Waals surface area contributed by atoms with Crippen molar-refractivity contribution < 1.29 is 9.53 Å². The lowest BCUT2D eigenvalue weighted by Gasteiger charge is -2.13. The summed E-state index contributed by atoms with van der Waals surface area (Å²) in [5.74, 6) is 0.265. The van der Waals surface area contributed by atoms with Gasteiger partial charge in [-0.3, -0.25) is 4.79 Å². The van der Waals surface area contributed by atoms with Crippen LogP contribution in [0.5, 0.6) is 5.75 Å². The minimum absolute atomic E-state index is 0.199. The van der Waals surface area contributed by atoms with E-state index in [4.69, 9.17) is 16.3 Å². The van der Waals surface area contributed by atoms with Crippen LogP contribution in [-0.4, -0.2) is 10.6 Å². The van der Waals surface area contributed by atoms with E-state index < -0.39 is 0 Å². The Labute approximate surface area is 167 Å². The summed E-state index contributed by atoms with van der Waals surface area (Å²) in [6.07, 6.45) is 1.62. The van der Waals surface area contributed by atoms with E-state index in [1.807, 2.05) is 30.3 Å². The highest BCUT2D eigenvalue weighted by atomic mass is 35.5. The summed E-state index contributed by atoms with van der Waals surface area (Å²) in [5.41, 5.74) is 2.03. The van der Waals surface area contributed by atoms with Crippen LogP contribution < -0.4 is 20.8 Å². The maximum Gasteiger partial charge on any atom is 0.319 e. The molecule has 7 heteroatoms. The highest BCUT2D eigenvalue weighted by Crippen LogP contribution is 2.13. The van der Waals surface area contributed by atoms with Crippen LogP contribution in [0.4, 0.5) is 10.5 Å². The normalized spacial score (nSPS) is 10.4. The van der Waals surface area contributed by atoms with Crippen molar-refractivity contribution >= 4 is 23.3 Å². The van der Waals surface area contributed by atoms with Crippen molar-refractivity contribution in [2.24, 2.45) is 7.05 Å². The molecule has 2 amide bonds. The molecular weight excluding hydrogens is 378 g/mol. The zero-order valence-corrected chi connectivity index (χ0v) is 16.1. The van der Waals surface area contributed by atoms with E-state index in [-0.39, 0.29) is 23.8 Å². The van der Waals surface area contributed by atoms with Crippen LogP contribution in [0.25, 0.3) is 0 Å². The van der Waals surface area contributed by atoms with Crippen molar-refractivity contribution in [3.63, 3.8) is 0 Å². The number of pyridine rings is 1. The summed E-state index contributed by atoms with van der Waals surface area (Å²) in [5, 5.41) is 6.02. The Morgan fingerprint density at radius 1 is 1.11 bits per heavy atom. The maximum absolute atomic E-state index is 12.3. The molecule has 0 atom stereocenters. The van der Waals surface area contributed by atoms with Crippen molar-refractivity contribution in [3.8, 4) is 5.75 Å². The number of ether oxygens (including phenoxy) is 1. The van der Waals surface area contributed by atoms with Crippen molar-refractivity contribution in [1.29, 1.82) is 0 Å². The molecule has 2 N–H and O–H groups in total. The van der Waals surface area contributed by atoms with E-state index in [0.29, 0.717) is 23.0 Å². The second-order valence-electron chi connectivity index (χ2n) is 6.19. The number of halogens is 1. The first kappa shape index (κ1) is 19.5. The van der Waals surface area contributed by atoms with Crippen LogP contribution in [0, 0.1) is 0 Å². The molecule has 1 aromatic heterocycles. The Morgan fingerprint density at radius 2 is 1.82 bits per heavy atom. The van der Waals surface area contributed by atoms with Gasteiger partial charge in [-0.05, 0) is 29.8 Å². The van der Waals surface area contributed by atoms with Crippen LogP contribution in [0.2, 0.25) is 5.02 Å². The zero-order valence-electron chi connectivity index (χ0n) is 15.3. The monoisotopic (exact) mass is 397 g/mol. The number of carbonyl (C=O) groups excluding carboxylic acids is 1. The van der Waals surface area contributed by atoms with E-state index in [2.05, 4.69) is 10.6 Å². The molecule has 144 valence electrons. The molecule has 0 spiro atoms. The largest absolute Gasteiger partial charge is 0.483 e. The van der Waals surface area contributed by atoms with Gasteiger partial charge in [-0.15, -0.1) is 0 Å². The van der Waals surface area contributed by atoms with Gasteiger partial charge in [-0.25, -0.2) is 4.79 Å². The molecule has 3 aromatic rings. The molecule has 0 radical (unpaired) electrons. The van der Waals surface area contributed by atoms with Crippen molar-refractivity contribution in [2.45, 2.75) is 13.2 Å². The minimum atomic E-state index is -0.376. The third kappa shape index (κ3) is 5.37. The lowest BCUT2D eigenvalue weighted by atomic mass is 10.2. The third-order valence-corrected chi connectivity index (χ3v) is 4.33. The number of nitrogens with zero attached hydrogens (tertiary/aromatic N) is 1. The van der Waals surface area contributed by atoms with Crippen LogP contribution in [-0.2, 0) is 20.2 Å². The lowest BCUT2D eigenvalue weighted by Crippen LogP contribution is -2.30. The van der Waals surface area contributed by atoms with Gasteiger partial charge in [0.2, 0.25) is 5.43 Å². The molecule has 6 nitrogen and oxygen atoms in total. The van der Waals surface area contributed by atoms with E-state index in [0.717, 1.165) is 5.56 Å². The first-order valence-electron chi connectivity index (χ1n) is 8.68. The van der Waals surface area contributed by atoms with E-state index in [9.17, 15) is 9.59 Å². The smallest absolute Gasteiger partial charge is 0.319 e. The lowest BCUT2D eigenvalue weighted by molar-refractivity contribution is 0.251. The molecule has 0 saturated carbocycles. The Balaban J connectivity index is 1.58. The van der Waals surface area contributed by atoms with Gasteiger partial charge in [0.25, 0.3) is 0 Å². The van der Waals surface area contributed by atoms with Crippen LogP contribution in [0.15, 0.2) is 71.7 Å². The summed E-state index contributed by atoms with van der Waals surface area (Å²) in [6.45, 7) is 0.515. The summed E-state index contributed by atoms with van der Waals surface area (Å²) in [7, 11) is 1.79. The molecule has 0 bridgehead atoms. The first-order valence-corrected chi connectivity index (χ1v) is 9.06. The highest BCUT2D eigenvalue weighted by Gasteiger charge is 2.08. The van der Waals surface area contributed by atoms with Crippen LogP contribution in [0.3, 0.4) is 0 Å². The van der Waals surface area contributed by atoms with Crippen molar-refractivity contribution in [3.05, 3.63) is 93.4 Å². The number of aryl methyl sites for hydroxylation is 1. The Morgan fingerprint density at radius 3 is 2.54 bits per heavy atom. The van der Waals surface area contributed by atoms with Gasteiger partial charge in [0, 0.05) is 29.5 Å². The first-order chi connectivity index (χ1) is 13.5. The molecule has 3 rings (SSSR count). The molecule has 0 aliphatic heterocycles. The fourth-order valence-electron chi connectivity index (χ4n) is 2.55. The molecule has 0 aliphatic rings. The Kier molecular flexibility index (Phi) is 6.34. The fourth-order valence-corrected chi connectivity index (χ4v) is 2.67. The standard InChI is InChI=1S/C21H20ClN3O3/c1-25-13-20(28-14-15-5-3-2-4-6-15)19(26)11-18(25)12-23-21(27)24-17-9-7-16(22)8-10-17/h2-11,13H,12,14H2,1H3,(H2,23,24,27). The predicted molar refractivity (Wildman–Crippen MR) is 110 cm³/mol. The van der Waals surface area contributed by atoms with Gasteiger partial charge < -0.3 is 19.9 Å². The second-order valence-corrected chi connectivity index (χ2v) is 6.63. The summed E-state index contributed by atoms with van der Waals surface area (Å²) in [4.78, 5) is 24.3. The van der Waals surface area contributed by atoms with Crippen molar-refractivity contribution in [1.82, 2.24) is 9.88 Å². The van der Waals surface area contributed by atoms with Gasteiger partial charge >= 0.3 is 6.03 Å².